The summed E-state index contributed by atoms with van der Waals surface area (Å²) in [4.78, 5) is 31.1. The number of piperazine rings is 1. The van der Waals surface area contributed by atoms with E-state index in [2.05, 4.69) is 14.9 Å². The van der Waals surface area contributed by atoms with E-state index < -0.39 is 0 Å². The maximum absolute atomic E-state index is 12.9. The van der Waals surface area contributed by atoms with Gasteiger partial charge in [0.05, 0.1) is 10.7 Å². The number of amides is 1. The molecule has 0 radical (unpaired) electrons. The molecule has 2 aromatic heterocycles. The molecular weight excluding hydrogens is 334 g/mol. The van der Waals surface area contributed by atoms with Crippen molar-refractivity contribution < 1.29 is 4.79 Å². The highest BCUT2D eigenvalue weighted by Crippen LogP contribution is 2.37. The summed E-state index contributed by atoms with van der Waals surface area (Å²) in [7, 11) is 0. The molecule has 4 rings (SSSR count). The minimum Gasteiger partial charge on any atom is -0.337 e. The van der Waals surface area contributed by atoms with Crippen molar-refractivity contribution in [2.24, 2.45) is 0 Å². The summed E-state index contributed by atoms with van der Waals surface area (Å²) in [5.41, 5.74) is 0.894. The third-order valence-corrected chi connectivity index (χ3v) is 6.42. The first kappa shape index (κ1) is 16.4. The number of anilines is 1. The molecule has 0 spiro atoms. The van der Waals surface area contributed by atoms with Crippen LogP contribution in [0.4, 0.5) is 5.95 Å². The van der Waals surface area contributed by atoms with Gasteiger partial charge in [0.15, 0.2) is 0 Å². The Morgan fingerprint density at radius 1 is 1.12 bits per heavy atom. The van der Waals surface area contributed by atoms with Crippen LogP contribution in [-0.4, -0.2) is 51.9 Å². The molecule has 2 aliphatic rings. The van der Waals surface area contributed by atoms with Crippen LogP contribution in [0, 0.1) is 6.92 Å². The predicted octanol–water partition coefficient (Wildman–Crippen LogP) is 2.86. The Morgan fingerprint density at radius 2 is 1.80 bits per heavy atom. The van der Waals surface area contributed by atoms with E-state index in [1.807, 2.05) is 17.9 Å². The Balaban J connectivity index is 1.42. The molecule has 2 fully saturated rings. The summed E-state index contributed by atoms with van der Waals surface area (Å²) >= 11 is 1.62. The van der Waals surface area contributed by atoms with Crippen molar-refractivity contribution in [2.45, 2.75) is 38.5 Å². The van der Waals surface area contributed by atoms with Crippen LogP contribution < -0.4 is 4.90 Å². The lowest BCUT2D eigenvalue weighted by Crippen LogP contribution is -2.49. The van der Waals surface area contributed by atoms with Gasteiger partial charge in [-0.15, -0.1) is 11.3 Å². The zero-order valence-corrected chi connectivity index (χ0v) is 15.3. The van der Waals surface area contributed by atoms with Crippen LogP contribution >= 0.6 is 11.3 Å². The molecule has 0 aromatic carbocycles. The normalized spacial score (nSPS) is 18.8. The van der Waals surface area contributed by atoms with E-state index in [1.165, 1.54) is 25.7 Å². The van der Waals surface area contributed by atoms with Crippen molar-refractivity contribution in [2.75, 3.05) is 31.1 Å². The number of carbonyl (C=O) groups excluding carboxylic acids is 1. The van der Waals surface area contributed by atoms with E-state index in [0.29, 0.717) is 19.0 Å². The molecule has 1 aliphatic carbocycles. The van der Waals surface area contributed by atoms with E-state index in [1.54, 1.807) is 23.7 Å². The zero-order chi connectivity index (χ0) is 17.2. The van der Waals surface area contributed by atoms with Crippen LogP contribution in [0.5, 0.6) is 0 Å². The second kappa shape index (κ2) is 7.07. The quantitative estimate of drug-likeness (QED) is 0.845. The minimum atomic E-state index is 0.132. The number of carbonyl (C=O) groups is 1. The number of aryl methyl sites for hydroxylation is 1. The Labute approximate surface area is 151 Å². The van der Waals surface area contributed by atoms with E-state index in [4.69, 9.17) is 4.98 Å². The van der Waals surface area contributed by atoms with Crippen molar-refractivity contribution in [3.8, 4) is 0 Å². The first-order valence-electron chi connectivity index (χ1n) is 9.01. The van der Waals surface area contributed by atoms with Gasteiger partial charge in [-0.25, -0.2) is 15.0 Å². The molecule has 0 N–H and O–H groups in total. The molecular formula is C18H23N5OS. The van der Waals surface area contributed by atoms with Gasteiger partial charge in [0.1, 0.15) is 4.88 Å². The molecule has 7 heteroatoms. The zero-order valence-electron chi connectivity index (χ0n) is 14.5. The van der Waals surface area contributed by atoms with Crippen molar-refractivity contribution in [1.82, 2.24) is 19.9 Å². The number of rotatable bonds is 3. The van der Waals surface area contributed by atoms with Gasteiger partial charge in [0.25, 0.3) is 5.91 Å². The molecule has 1 saturated heterocycles. The molecule has 0 bridgehead atoms. The highest BCUT2D eigenvalue weighted by molar-refractivity contribution is 7.13. The third kappa shape index (κ3) is 3.38. The molecule has 6 nitrogen and oxygen atoms in total. The standard InChI is InChI=1S/C18H23N5OS/c1-13-15(25-16(21-13)14-5-2-3-6-14)17(24)22-9-11-23(12-10-22)18-19-7-4-8-20-18/h4,7-8,14H,2-3,5-6,9-12H2,1H3. The molecule has 3 heterocycles. The smallest absolute Gasteiger partial charge is 0.265 e. The minimum absolute atomic E-state index is 0.132. The van der Waals surface area contributed by atoms with Crippen LogP contribution in [0.25, 0.3) is 0 Å². The Hall–Kier alpha value is -2.02. The summed E-state index contributed by atoms with van der Waals surface area (Å²) in [5.74, 6) is 1.44. The van der Waals surface area contributed by atoms with Crippen LogP contribution in [0.3, 0.4) is 0 Å². The molecule has 1 amide bonds. The third-order valence-electron chi connectivity index (χ3n) is 5.11. The van der Waals surface area contributed by atoms with Crippen molar-refractivity contribution in [3.05, 3.63) is 34.0 Å². The summed E-state index contributed by atoms with van der Waals surface area (Å²) in [6.45, 7) is 4.91. The second-order valence-electron chi connectivity index (χ2n) is 6.78. The molecule has 132 valence electrons. The lowest BCUT2D eigenvalue weighted by atomic mass is 10.1. The molecule has 0 unspecified atom stereocenters. The topological polar surface area (TPSA) is 62.2 Å². The predicted molar refractivity (Wildman–Crippen MR) is 98.2 cm³/mol. The molecule has 25 heavy (non-hydrogen) atoms. The summed E-state index contributed by atoms with van der Waals surface area (Å²) in [6.07, 6.45) is 8.52. The molecule has 1 saturated carbocycles. The van der Waals surface area contributed by atoms with E-state index in [-0.39, 0.29) is 5.91 Å². The number of thiazole rings is 1. The Bertz CT molecular complexity index is 733. The van der Waals surface area contributed by atoms with Gasteiger partial charge in [-0.1, -0.05) is 12.8 Å². The average Bonchev–Trinajstić information content (AvgIpc) is 3.32. The van der Waals surface area contributed by atoms with Crippen molar-refractivity contribution >= 4 is 23.2 Å². The number of hydrogen-bond acceptors (Lipinski definition) is 6. The largest absolute Gasteiger partial charge is 0.337 e. The average molecular weight is 357 g/mol. The maximum Gasteiger partial charge on any atom is 0.265 e. The maximum atomic E-state index is 12.9. The summed E-state index contributed by atoms with van der Waals surface area (Å²) in [6, 6.07) is 1.82. The van der Waals surface area contributed by atoms with E-state index in [0.717, 1.165) is 34.6 Å². The van der Waals surface area contributed by atoms with Crippen LogP contribution in [0.2, 0.25) is 0 Å². The van der Waals surface area contributed by atoms with Crippen LogP contribution in [0.1, 0.15) is 52.0 Å². The summed E-state index contributed by atoms with van der Waals surface area (Å²) in [5, 5.41) is 1.16. The van der Waals surface area contributed by atoms with Gasteiger partial charge < -0.3 is 9.80 Å². The van der Waals surface area contributed by atoms with Crippen LogP contribution in [0.15, 0.2) is 18.5 Å². The van der Waals surface area contributed by atoms with Crippen LogP contribution in [-0.2, 0) is 0 Å². The van der Waals surface area contributed by atoms with E-state index >= 15 is 0 Å². The fraction of sp³-hybridized carbons (Fsp3) is 0.556. The monoisotopic (exact) mass is 357 g/mol. The highest BCUT2D eigenvalue weighted by atomic mass is 32.1. The van der Waals surface area contributed by atoms with Gasteiger partial charge in [0, 0.05) is 44.5 Å². The lowest BCUT2D eigenvalue weighted by Gasteiger charge is -2.34. The lowest BCUT2D eigenvalue weighted by molar-refractivity contribution is 0.0750. The fourth-order valence-electron chi connectivity index (χ4n) is 3.67. The summed E-state index contributed by atoms with van der Waals surface area (Å²) < 4.78 is 0. The van der Waals surface area contributed by atoms with Gasteiger partial charge in [-0.05, 0) is 25.8 Å². The fourth-order valence-corrected chi connectivity index (χ4v) is 4.87. The number of aromatic nitrogens is 3. The molecule has 1 aliphatic heterocycles. The molecule has 0 atom stereocenters. The Morgan fingerprint density at radius 3 is 2.48 bits per heavy atom. The first-order valence-corrected chi connectivity index (χ1v) is 9.82. The highest BCUT2D eigenvalue weighted by Gasteiger charge is 2.28. The Kier molecular flexibility index (Phi) is 4.65. The van der Waals surface area contributed by atoms with Crippen molar-refractivity contribution in [1.29, 1.82) is 0 Å². The van der Waals surface area contributed by atoms with Gasteiger partial charge in [0.2, 0.25) is 5.95 Å². The van der Waals surface area contributed by atoms with Crippen molar-refractivity contribution in [3.63, 3.8) is 0 Å². The first-order chi connectivity index (χ1) is 12.2. The van der Waals surface area contributed by atoms with Gasteiger partial charge in [-0.3, -0.25) is 4.79 Å². The van der Waals surface area contributed by atoms with E-state index in [9.17, 15) is 4.79 Å². The molecule has 2 aromatic rings. The van der Waals surface area contributed by atoms with Gasteiger partial charge in [-0.2, -0.15) is 0 Å². The van der Waals surface area contributed by atoms with Gasteiger partial charge >= 0.3 is 0 Å². The SMILES string of the molecule is Cc1nc(C2CCCC2)sc1C(=O)N1CCN(c2ncccn2)CC1. The second-order valence-corrected chi connectivity index (χ2v) is 7.81. The number of nitrogens with zero attached hydrogens (tertiary/aromatic N) is 5. The number of hydrogen-bond donors (Lipinski definition) is 0.